The number of nitrogens with zero attached hydrogens (tertiary/aromatic N) is 2. The number of unbranched alkanes of at least 4 members (excludes halogenated alkanes) is 3. The van der Waals surface area contributed by atoms with Gasteiger partial charge in [0.1, 0.15) is 0 Å². The lowest BCUT2D eigenvalue weighted by molar-refractivity contribution is 0.169. The Balaban J connectivity index is 1.87. The lowest BCUT2D eigenvalue weighted by Crippen LogP contribution is -2.33. The van der Waals surface area contributed by atoms with Gasteiger partial charge in [-0.05, 0) is 37.4 Å². The van der Waals surface area contributed by atoms with E-state index >= 15 is 0 Å². The van der Waals surface area contributed by atoms with Crippen molar-refractivity contribution in [3.05, 3.63) is 30.1 Å². The van der Waals surface area contributed by atoms with Crippen LogP contribution in [-0.2, 0) is 0 Å². The molecule has 0 bridgehead atoms. The normalized spacial score (nSPS) is 19.4. The monoisotopic (exact) mass is 270 g/mol. The molecular formula is C18H26N2. The number of rotatable bonds is 5. The molecule has 1 aromatic heterocycles. The zero-order valence-electron chi connectivity index (χ0n) is 12.6. The molecule has 108 valence electrons. The molecule has 2 rings (SSSR count). The van der Waals surface area contributed by atoms with Gasteiger partial charge in [-0.25, -0.2) is 0 Å². The van der Waals surface area contributed by atoms with E-state index in [1.54, 1.807) is 0 Å². The van der Waals surface area contributed by atoms with E-state index in [1.165, 1.54) is 50.6 Å². The molecule has 0 unspecified atom stereocenters. The zero-order chi connectivity index (χ0) is 14.0. The summed E-state index contributed by atoms with van der Waals surface area (Å²) >= 11 is 0. The topological polar surface area (TPSA) is 16.1 Å². The highest BCUT2D eigenvalue weighted by molar-refractivity contribution is 5.16. The highest BCUT2D eigenvalue weighted by Crippen LogP contribution is 2.29. The van der Waals surface area contributed by atoms with Gasteiger partial charge in [0.05, 0.1) is 6.54 Å². The molecule has 2 heterocycles. The Morgan fingerprint density at radius 1 is 1.30 bits per heavy atom. The van der Waals surface area contributed by atoms with Crippen molar-refractivity contribution in [2.24, 2.45) is 0 Å². The molecule has 1 aliphatic rings. The first-order valence-electron chi connectivity index (χ1n) is 8.01. The van der Waals surface area contributed by atoms with Crippen molar-refractivity contribution < 1.29 is 0 Å². The van der Waals surface area contributed by atoms with Gasteiger partial charge in [0.15, 0.2) is 0 Å². The van der Waals surface area contributed by atoms with Crippen LogP contribution in [0.5, 0.6) is 0 Å². The molecule has 0 aromatic carbocycles. The summed E-state index contributed by atoms with van der Waals surface area (Å²) in [5.74, 6) is 6.70. The molecule has 0 aliphatic carbocycles. The van der Waals surface area contributed by atoms with Crippen LogP contribution >= 0.6 is 0 Å². The molecule has 1 atom stereocenters. The Morgan fingerprint density at radius 3 is 3.05 bits per heavy atom. The molecule has 2 nitrogen and oxygen atoms in total. The molecule has 0 saturated carbocycles. The van der Waals surface area contributed by atoms with Crippen molar-refractivity contribution in [3.63, 3.8) is 0 Å². The summed E-state index contributed by atoms with van der Waals surface area (Å²) in [5.41, 5.74) is 1.35. The van der Waals surface area contributed by atoms with E-state index in [0.29, 0.717) is 6.04 Å². The van der Waals surface area contributed by atoms with E-state index in [0.717, 1.165) is 13.0 Å². The molecule has 0 spiro atoms. The van der Waals surface area contributed by atoms with Gasteiger partial charge in [0.2, 0.25) is 0 Å². The third kappa shape index (κ3) is 4.65. The smallest absolute Gasteiger partial charge is 0.0606 e. The van der Waals surface area contributed by atoms with Crippen LogP contribution in [-0.4, -0.2) is 23.0 Å². The van der Waals surface area contributed by atoms with Crippen LogP contribution in [0, 0.1) is 11.8 Å². The second kappa shape index (κ2) is 8.76. The fraction of sp³-hybridized carbons (Fsp3) is 0.611. The van der Waals surface area contributed by atoms with Crippen molar-refractivity contribution in [3.8, 4) is 11.8 Å². The van der Waals surface area contributed by atoms with Gasteiger partial charge in [-0.1, -0.05) is 38.2 Å². The summed E-state index contributed by atoms with van der Waals surface area (Å²) in [5, 5.41) is 0. The fourth-order valence-corrected chi connectivity index (χ4v) is 2.84. The lowest BCUT2D eigenvalue weighted by atomic mass is 9.96. The minimum absolute atomic E-state index is 0.516. The zero-order valence-corrected chi connectivity index (χ0v) is 12.6. The largest absolute Gasteiger partial charge is 0.285 e. The number of aromatic nitrogens is 1. The maximum Gasteiger partial charge on any atom is 0.0606 e. The Kier molecular flexibility index (Phi) is 6.60. The van der Waals surface area contributed by atoms with Crippen LogP contribution in [0.15, 0.2) is 24.5 Å². The van der Waals surface area contributed by atoms with E-state index in [4.69, 9.17) is 0 Å². The van der Waals surface area contributed by atoms with E-state index in [-0.39, 0.29) is 0 Å². The van der Waals surface area contributed by atoms with Crippen LogP contribution in [0.4, 0.5) is 0 Å². The minimum atomic E-state index is 0.516. The van der Waals surface area contributed by atoms with E-state index in [1.807, 2.05) is 18.5 Å². The molecule has 1 aromatic rings. The van der Waals surface area contributed by atoms with E-state index in [9.17, 15) is 0 Å². The van der Waals surface area contributed by atoms with Gasteiger partial charge in [-0.15, -0.1) is 5.92 Å². The number of piperidine rings is 1. The molecule has 1 aliphatic heterocycles. The van der Waals surface area contributed by atoms with Crippen LogP contribution < -0.4 is 0 Å². The molecule has 1 fully saturated rings. The summed E-state index contributed by atoms with van der Waals surface area (Å²) in [7, 11) is 0. The summed E-state index contributed by atoms with van der Waals surface area (Å²) in [6, 6.07) is 4.76. The van der Waals surface area contributed by atoms with Crippen molar-refractivity contribution in [2.45, 2.75) is 57.9 Å². The molecule has 1 saturated heterocycles. The Labute approximate surface area is 123 Å². The van der Waals surface area contributed by atoms with Crippen molar-refractivity contribution in [1.29, 1.82) is 0 Å². The van der Waals surface area contributed by atoms with Crippen LogP contribution in [0.2, 0.25) is 0 Å². The average Bonchev–Trinajstić information content (AvgIpc) is 2.52. The maximum absolute atomic E-state index is 4.26. The SMILES string of the molecule is CCCCCC#CCN1CCCC[C@@H]1c1cccnc1. The van der Waals surface area contributed by atoms with Gasteiger partial charge in [0, 0.05) is 24.9 Å². The van der Waals surface area contributed by atoms with E-state index in [2.05, 4.69) is 34.7 Å². The Morgan fingerprint density at radius 2 is 2.25 bits per heavy atom. The fourth-order valence-electron chi connectivity index (χ4n) is 2.84. The minimum Gasteiger partial charge on any atom is -0.285 e. The van der Waals surface area contributed by atoms with Crippen LogP contribution in [0.1, 0.15) is 63.5 Å². The first-order chi connectivity index (χ1) is 9.92. The van der Waals surface area contributed by atoms with Gasteiger partial charge in [-0.2, -0.15) is 0 Å². The quantitative estimate of drug-likeness (QED) is 0.589. The van der Waals surface area contributed by atoms with Crippen molar-refractivity contribution in [2.75, 3.05) is 13.1 Å². The van der Waals surface area contributed by atoms with Crippen LogP contribution in [0.25, 0.3) is 0 Å². The van der Waals surface area contributed by atoms with Gasteiger partial charge < -0.3 is 0 Å². The van der Waals surface area contributed by atoms with Gasteiger partial charge >= 0.3 is 0 Å². The second-order valence-electron chi connectivity index (χ2n) is 5.58. The van der Waals surface area contributed by atoms with E-state index < -0.39 is 0 Å². The number of hydrogen-bond donors (Lipinski definition) is 0. The third-order valence-electron chi connectivity index (χ3n) is 4.00. The summed E-state index contributed by atoms with van der Waals surface area (Å²) in [6.07, 6.45) is 12.6. The van der Waals surface area contributed by atoms with Gasteiger partial charge in [0.25, 0.3) is 0 Å². The Hall–Kier alpha value is -1.33. The predicted molar refractivity (Wildman–Crippen MR) is 84.3 cm³/mol. The summed E-state index contributed by atoms with van der Waals surface area (Å²) < 4.78 is 0. The average molecular weight is 270 g/mol. The molecule has 0 amide bonds. The molecule has 0 N–H and O–H groups in total. The van der Waals surface area contributed by atoms with Crippen molar-refractivity contribution >= 4 is 0 Å². The predicted octanol–water partition coefficient (Wildman–Crippen LogP) is 4.19. The number of likely N-dealkylation sites (tertiary alicyclic amines) is 1. The first kappa shape index (κ1) is 15.1. The molecule has 20 heavy (non-hydrogen) atoms. The molecule has 2 heteroatoms. The number of pyridine rings is 1. The third-order valence-corrected chi connectivity index (χ3v) is 4.00. The standard InChI is InChI=1S/C18H26N2/c1-2-3-4-5-6-8-14-20-15-9-7-12-18(20)17-11-10-13-19-16-17/h10-11,13,16,18H,2-5,7,9,12,14-15H2,1H3/t18-/m1/s1. The van der Waals surface area contributed by atoms with Gasteiger partial charge in [-0.3, -0.25) is 9.88 Å². The first-order valence-corrected chi connectivity index (χ1v) is 8.01. The molecule has 0 radical (unpaired) electrons. The Bertz CT molecular complexity index is 430. The highest BCUT2D eigenvalue weighted by atomic mass is 15.2. The van der Waals surface area contributed by atoms with Crippen LogP contribution in [0.3, 0.4) is 0 Å². The number of hydrogen-bond acceptors (Lipinski definition) is 2. The maximum atomic E-state index is 4.26. The summed E-state index contributed by atoms with van der Waals surface area (Å²) in [6.45, 7) is 4.31. The van der Waals surface area contributed by atoms with Crippen molar-refractivity contribution in [1.82, 2.24) is 9.88 Å². The summed E-state index contributed by atoms with van der Waals surface area (Å²) in [4.78, 5) is 6.78. The highest BCUT2D eigenvalue weighted by Gasteiger charge is 2.22. The lowest BCUT2D eigenvalue weighted by Gasteiger charge is -2.34. The second-order valence-corrected chi connectivity index (χ2v) is 5.58. The molecular weight excluding hydrogens is 244 g/mol.